The van der Waals surface area contributed by atoms with Crippen molar-refractivity contribution in [1.29, 1.82) is 0 Å². The zero-order chi connectivity index (χ0) is 69.6. The van der Waals surface area contributed by atoms with Gasteiger partial charge in [0.05, 0.1) is 27.8 Å². The van der Waals surface area contributed by atoms with E-state index in [2.05, 4.69) is 365 Å². The molecular weight excluding hydrogens is 1220 g/mol. The lowest BCUT2D eigenvalue weighted by Gasteiger charge is -2.45. The molecule has 4 heterocycles. The lowest BCUT2D eigenvalue weighted by Crippen LogP contribution is -2.61. The quantitative estimate of drug-likeness (QED) is 0.148. The smallest absolute Gasteiger partial charge is 0.252 e. The molecule has 0 fully saturated rings. The first-order valence-corrected chi connectivity index (χ1v) is 37.0. The van der Waals surface area contributed by atoms with E-state index < -0.39 is 0 Å². The Hall–Kier alpha value is -10.1. The molecule has 2 aromatic heterocycles. The Kier molecular flexibility index (Phi) is 13.9. The van der Waals surface area contributed by atoms with Crippen LogP contribution < -0.4 is 26.2 Å². The van der Waals surface area contributed by atoms with E-state index in [0.717, 1.165) is 39.8 Å². The minimum atomic E-state index is -0.150. The van der Waals surface area contributed by atoms with Crippen LogP contribution in [0.3, 0.4) is 0 Å². The molecule has 2 aliphatic heterocycles. The second-order valence-electron chi connectivity index (χ2n) is 34.7. The van der Waals surface area contributed by atoms with E-state index in [1.54, 1.807) is 0 Å². The molecule has 498 valence electrons. The molecule has 14 aromatic rings. The van der Waals surface area contributed by atoms with Crippen LogP contribution in [0.2, 0.25) is 0 Å². The Morgan fingerprint density at radius 1 is 0.297 bits per heavy atom. The van der Waals surface area contributed by atoms with Gasteiger partial charge in [0, 0.05) is 61.4 Å². The Bertz CT molecular complexity index is 5700. The van der Waals surface area contributed by atoms with Crippen molar-refractivity contribution in [1.82, 2.24) is 9.13 Å². The van der Waals surface area contributed by atoms with Crippen molar-refractivity contribution in [3.8, 4) is 44.8 Å². The molecule has 0 unspecified atom stereocenters. The van der Waals surface area contributed by atoms with Gasteiger partial charge in [-0.3, -0.25) is 0 Å². The number of para-hydroxylation sites is 3. The second-order valence-corrected chi connectivity index (χ2v) is 34.7. The molecule has 4 aliphatic rings. The average Bonchev–Trinajstić information content (AvgIpc) is 1.28. The molecule has 0 bridgehead atoms. The summed E-state index contributed by atoms with van der Waals surface area (Å²) in [5.41, 5.74) is 34.0. The summed E-state index contributed by atoms with van der Waals surface area (Å²) in [6.07, 6.45) is 4.72. The van der Waals surface area contributed by atoms with Crippen LogP contribution in [0.4, 0.5) is 34.1 Å². The summed E-state index contributed by atoms with van der Waals surface area (Å²) in [7, 11) is 0. The number of nitrogens with zero attached hydrogens (tertiary/aromatic N) is 4. The van der Waals surface area contributed by atoms with E-state index in [1.165, 1.54) is 158 Å². The van der Waals surface area contributed by atoms with E-state index in [4.69, 9.17) is 0 Å². The van der Waals surface area contributed by atoms with Gasteiger partial charge in [0.25, 0.3) is 6.71 Å². The molecule has 5 heteroatoms. The fraction of sp³-hybridized carbons (Fsp3) is 0.250. The Morgan fingerprint density at radius 3 is 1.20 bits per heavy atom. The van der Waals surface area contributed by atoms with Crippen LogP contribution in [-0.2, 0) is 32.5 Å². The number of benzene rings is 12. The maximum Gasteiger partial charge on any atom is 0.252 e. The van der Waals surface area contributed by atoms with E-state index in [0.29, 0.717) is 0 Å². The second kappa shape index (κ2) is 22.2. The first kappa shape index (κ1) is 63.1. The molecule has 0 saturated heterocycles. The van der Waals surface area contributed by atoms with Crippen molar-refractivity contribution < 1.29 is 0 Å². The standard InChI is InChI=1S/C96H91BN4/c1-91(2,3)65-38-48-85-74(56-65)73-26-18-22-30-84(73)100(85)68-43-47-81-87(57-68)99(67-41-33-61(34-42-67)63-36-45-77-79(54-63)96(13,14)52-50-94(77,9)10)89-59-69(101-82-28-20-16-24-71(82)72-25-17-21-29-83(72)101)58-88-90(89)97(81)80-46-37-64(70-23-15-19-27-75(70)92(4,5)6)55-86(80)98(88)66-39-31-60(32-40-66)62-35-44-76-78(53-62)95(11,12)51-49-93(76,7)8/h15-48,53-59H,49-52H2,1-14H3. The van der Waals surface area contributed by atoms with Crippen molar-refractivity contribution in [2.24, 2.45) is 0 Å². The van der Waals surface area contributed by atoms with Gasteiger partial charge >= 0.3 is 0 Å². The molecule has 0 amide bonds. The number of rotatable bonds is 7. The van der Waals surface area contributed by atoms with Crippen LogP contribution in [0, 0.1) is 0 Å². The van der Waals surface area contributed by atoms with Crippen molar-refractivity contribution in [3.63, 3.8) is 0 Å². The summed E-state index contributed by atoms with van der Waals surface area (Å²) in [6.45, 7) is 33.3. The van der Waals surface area contributed by atoms with Crippen molar-refractivity contribution >= 4 is 101 Å². The number of hydrogen-bond acceptors (Lipinski definition) is 2. The summed E-state index contributed by atoms with van der Waals surface area (Å²) in [6, 6.07) is 97.1. The van der Waals surface area contributed by atoms with E-state index >= 15 is 0 Å². The van der Waals surface area contributed by atoms with Crippen molar-refractivity contribution in [2.45, 2.75) is 155 Å². The minimum absolute atomic E-state index is 0.0136. The molecule has 0 N–H and O–H groups in total. The maximum absolute atomic E-state index is 2.64. The monoisotopic (exact) mass is 1310 g/mol. The molecule has 0 radical (unpaired) electrons. The van der Waals surface area contributed by atoms with Gasteiger partial charge < -0.3 is 18.9 Å². The molecule has 4 nitrogen and oxygen atoms in total. The highest BCUT2D eigenvalue weighted by Gasteiger charge is 2.45. The highest BCUT2D eigenvalue weighted by molar-refractivity contribution is 7.00. The van der Waals surface area contributed by atoms with E-state index in [-0.39, 0.29) is 39.2 Å². The fourth-order valence-corrected chi connectivity index (χ4v) is 18.4. The van der Waals surface area contributed by atoms with Gasteiger partial charge in [-0.25, -0.2) is 0 Å². The average molecular weight is 1310 g/mol. The highest BCUT2D eigenvalue weighted by Crippen LogP contribution is 2.52. The maximum atomic E-state index is 2.64. The van der Waals surface area contributed by atoms with Gasteiger partial charge in [0.1, 0.15) is 0 Å². The number of aromatic nitrogens is 2. The van der Waals surface area contributed by atoms with Crippen molar-refractivity contribution in [2.75, 3.05) is 9.80 Å². The third kappa shape index (κ3) is 9.90. The van der Waals surface area contributed by atoms with Crippen molar-refractivity contribution in [3.05, 3.63) is 282 Å². The topological polar surface area (TPSA) is 16.3 Å². The number of anilines is 6. The molecule has 2 aliphatic carbocycles. The van der Waals surface area contributed by atoms with Crippen LogP contribution in [0.1, 0.15) is 156 Å². The van der Waals surface area contributed by atoms with Gasteiger partial charge in [-0.1, -0.05) is 261 Å². The third-order valence-corrected chi connectivity index (χ3v) is 24.3. The Balaban J connectivity index is 0.921. The lowest BCUT2D eigenvalue weighted by atomic mass is 9.33. The summed E-state index contributed by atoms with van der Waals surface area (Å²) in [4.78, 5) is 5.27. The first-order valence-electron chi connectivity index (χ1n) is 37.0. The van der Waals surface area contributed by atoms with Crippen LogP contribution in [0.15, 0.2) is 249 Å². The molecule has 0 atom stereocenters. The van der Waals surface area contributed by atoms with E-state index in [9.17, 15) is 0 Å². The molecule has 18 rings (SSSR count). The summed E-state index contributed by atoms with van der Waals surface area (Å²) >= 11 is 0. The molecule has 0 saturated carbocycles. The summed E-state index contributed by atoms with van der Waals surface area (Å²) in [5.74, 6) is 0. The molecule has 101 heavy (non-hydrogen) atoms. The summed E-state index contributed by atoms with van der Waals surface area (Å²) in [5, 5.41) is 5.00. The normalized spacial score (nSPS) is 16.3. The third-order valence-electron chi connectivity index (χ3n) is 24.3. The lowest BCUT2D eigenvalue weighted by molar-refractivity contribution is 0.332. The fourth-order valence-electron chi connectivity index (χ4n) is 18.4. The largest absolute Gasteiger partial charge is 0.311 e. The van der Waals surface area contributed by atoms with Gasteiger partial charge in [-0.15, -0.1) is 0 Å². The SMILES string of the molecule is CC(C)(C)c1ccc2c(c1)c1ccccc1n2-c1ccc2c(c1)N(c1ccc(-c3ccc4c(c3)C(C)(C)CCC4(C)C)cc1)c1cc(-n3c4ccccc4c4ccccc43)cc3c1B2c1ccc(-c2ccccc2C(C)(C)C)cc1N3c1ccc(-c2ccc3c(c2)C(C)(C)CCC3(C)C)cc1. The van der Waals surface area contributed by atoms with Gasteiger partial charge in [-0.05, 0) is 226 Å². The van der Waals surface area contributed by atoms with Gasteiger partial charge in [0.15, 0.2) is 0 Å². The van der Waals surface area contributed by atoms with Crippen LogP contribution >= 0.6 is 0 Å². The zero-order valence-electron chi connectivity index (χ0n) is 61.4. The number of fused-ring (bicyclic) bond motifs is 12. The molecular formula is C96H91BN4. The highest BCUT2D eigenvalue weighted by atomic mass is 15.2. The van der Waals surface area contributed by atoms with E-state index in [1.807, 2.05) is 0 Å². The van der Waals surface area contributed by atoms with Crippen LogP contribution in [0.5, 0.6) is 0 Å². The Morgan fingerprint density at radius 2 is 0.693 bits per heavy atom. The number of hydrogen-bond donors (Lipinski definition) is 0. The predicted octanol–water partition coefficient (Wildman–Crippen LogP) is 24.3. The minimum Gasteiger partial charge on any atom is -0.311 e. The predicted molar refractivity (Wildman–Crippen MR) is 433 cm³/mol. The molecule has 12 aromatic carbocycles. The Labute approximate surface area is 598 Å². The zero-order valence-corrected chi connectivity index (χ0v) is 61.4. The van der Waals surface area contributed by atoms with Crippen LogP contribution in [-0.4, -0.2) is 15.8 Å². The van der Waals surface area contributed by atoms with Gasteiger partial charge in [-0.2, -0.15) is 0 Å². The molecule has 0 spiro atoms. The van der Waals surface area contributed by atoms with Gasteiger partial charge in [0.2, 0.25) is 0 Å². The first-order chi connectivity index (χ1) is 48.3. The van der Waals surface area contributed by atoms with Crippen LogP contribution in [0.25, 0.3) is 88.4 Å². The summed E-state index contributed by atoms with van der Waals surface area (Å²) < 4.78 is 5.07.